The van der Waals surface area contributed by atoms with Gasteiger partial charge < -0.3 is 4.74 Å². The maximum atomic E-state index is 13.2. The van der Waals surface area contributed by atoms with Crippen LogP contribution in [-0.4, -0.2) is 18.7 Å². The van der Waals surface area contributed by atoms with Crippen molar-refractivity contribution in [2.24, 2.45) is 22.7 Å². The maximum Gasteiger partial charge on any atom is 0.138 e. The summed E-state index contributed by atoms with van der Waals surface area (Å²) in [4.78, 5) is 26.3. The Balaban J connectivity index is 1.78. The average Bonchev–Trinajstić information content (AvgIpc) is 3.06. The van der Waals surface area contributed by atoms with Gasteiger partial charge in [0.1, 0.15) is 17.3 Å². The molecule has 0 aliphatic heterocycles. The molecule has 0 heterocycles. The summed E-state index contributed by atoms with van der Waals surface area (Å²) in [6.07, 6.45) is 9.97. The minimum Gasteiger partial charge on any atom is -0.497 e. The molecule has 1 aromatic carbocycles. The summed E-state index contributed by atoms with van der Waals surface area (Å²) < 4.78 is 5.35. The largest absolute Gasteiger partial charge is 0.497 e. The van der Waals surface area contributed by atoms with E-state index in [2.05, 4.69) is 31.2 Å². The number of allylic oxidation sites excluding steroid dienone is 2. The number of ether oxygens (including phenoxy) is 1. The zero-order valence-corrected chi connectivity index (χ0v) is 15.6. The van der Waals surface area contributed by atoms with Gasteiger partial charge in [0.05, 0.1) is 7.11 Å². The van der Waals surface area contributed by atoms with Crippen LogP contribution in [0.15, 0.2) is 36.4 Å². The van der Waals surface area contributed by atoms with Gasteiger partial charge in [-0.2, -0.15) is 0 Å². The third-order valence-electron chi connectivity index (χ3n) is 8.36. The topological polar surface area (TPSA) is 43.4 Å². The quantitative estimate of drug-likeness (QED) is 0.749. The monoisotopic (exact) mass is 350 g/mol. The summed E-state index contributed by atoms with van der Waals surface area (Å²) in [7, 11) is 1.67. The maximum absolute atomic E-state index is 13.2. The molecule has 3 fully saturated rings. The van der Waals surface area contributed by atoms with Crippen LogP contribution in [0.5, 0.6) is 5.75 Å². The summed E-state index contributed by atoms with van der Waals surface area (Å²) in [5, 5.41) is 0. The molecule has 0 unspecified atom stereocenters. The number of hydrogen-bond acceptors (Lipinski definition) is 3. The van der Waals surface area contributed by atoms with Gasteiger partial charge in [-0.1, -0.05) is 44.1 Å². The van der Waals surface area contributed by atoms with Gasteiger partial charge in [0.25, 0.3) is 0 Å². The van der Waals surface area contributed by atoms with Crippen LogP contribution in [0.25, 0.3) is 0 Å². The first-order valence-corrected chi connectivity index (χ1v) is 9.90. The van der Waals surface area contributed by atoms with Crippen molar-refractivity contribution in [1.82, 2.24) is 0 Å². The Bertz CT molecular complexity index is 822. The van der Waals surface area contributed by atoms with E-state index in [1.165, 1.54) is 12.0 Å². The van der Waals surface area contributed by atoms with Crippen molar-refractivity contribution in [2.45, 2.75) is 50.9 Å². The molecule has 26 heavy (non-hydrogen) atoms. The van der Waals surface area contributed by atoms with E-state index >= 15 is 0 Å². The van der Waals surface area contributed by atoms with E-state index in [-0.39, 0.29) is 28.1 Å². The molecule has 0 amide bonds. The van der Waals surface area contributed by atoms with Gasteiger partial charge in [-0.25, -0.2) is 0 Å². The number of ketones is 2. The predicted octanol–water partition coefficient (Wildman–Crippen LogP) is 4.25. The van der Waals surface area contributed by atoms with Gasteiger partial charge in [-0.15, -0.1) is 0 Å². The highest BCUT2D eigenvalue weighted by Gasteiger charge is 2.78. The molecule has 0 N–H and O–H groups in total. The molecule has 2 bridgehead atoms. The zero-order valence-electron chi connectivity index (χ0n) is 15.6. The first-order chi connectivity index (χ1) is 12.5. The minimum atomic E-state index is -0.350. The van der Waals surface area contributed by atoms with Crippen LogP contribution >= 0.6 is 0 Å². The molecule has 0 radical (unpaired) electrons. The lowest BCUT2D eigenvalue weighted by Gasteiger charge is -2.50. The second-order valence-electron chi connectivity index (χ2n) is 8.90. The normalized spacial score (nSPS) is 43.3. The predicted molar refractivity (Wildman–Crippen MR) is 99.0 cm³/mol. The van der Waals surface area contributed by atoms with E-state index in [0.717, 1.165) is 25.0 Å². The van der Waals surface area contributed by atoms with Crippen molar-refractivity contribution in [1.29, 1.82) is 0 Å². The molecule has 4 aliphatic carbocycles. The molecule has 136 valence electrons. The Kier molecular flexibility index (Phi) is 3.19. The number of fused-ring (bicyclic) bond motifs is 2. The number of carbonyl (C=O) groups is 2. The Labute approximate surface area is 154 Å². The van der Waals surface area contributed by atoms with Crippen molar-refractivity contribution < 1.29 is 14.3 Å². The molecule has 3 saturated carbocycles. The molecule has 5 atom stereocenters. The SMILES string of the molecule is COc1ccc([C@]23C=C[C@@]4(CCCC[C@]24C)[C@H]2C(=O)CCC(=O)[C@H]23)cc1. The van der Waals surface area contributed by atoms with Gasteiger partial charge in [0.15, 0.2) is 0 Å². The molecular weight excluding hydrogens is 324 g/mol. The Morgan fingerprint density at radius 3 is 2.27 bits per heavy atom. The Morgan fingerprint density at radius 2 is 1.58 bits per heavy atom. The van der Waals surface area contributed by atoms with Crippen LogP contribution in [0.2, 0.25) is 0 Å². The highest BCUT2D eigenvalue weighted by atomic mass is 16.5. The first-order valence-electron chi connectivity index (χ1n) is 9.90. The van der Waals surface area contributed by atoms with Gasteiger partial charge in [-0.05, 0) is 36.0 Å². The highest BCUT2D eigenvalue weighted by molar-refractivity contribution is 6.00. The van der Waals surface area contributed by atoms with Crippen molar-refractivity contribution in [3.63, 3.8) is 0 Å². The van der Waals surface area contributed by atoms with E-state index in [1.807, 2.05) is 12.1 Å². The second-order valence-corrected chi connectivity index (χ2v) is 8.90. The van der Waals surface area contributed by atoms with Crippen LogP contribution in [0.4, 0.5) is 0 Å². The molecule has 1 aromatic rings. The molecule has 4 aliphatic rings. The fraction of sp³-hybridized carbons (Fsp3) is 0.565. The van der Waals surface area contributed by atoms with Gasteiger partial charge in [-0.3, -0.25) is 9.59 Å². The van der Waals surface area contributed by atoms with Crippen LogP contribution in [0.1, 0.15) is 51.0 Å². The van der Waals surface area contributed by atoms with Crippen molar-refractivity contribution in [3.05, 3.63) is 42.0 Å². The van der Waals surface area contributed by atoms with Crippen LogP contribution in [0, 0.1) is 22.7 Å². The molecule has 3 nitrogen and oxygen atoms in total. The summed E-state index contributed by atoms with van der Waals surface area (Å²) in [6, 6.07) is 8.22. The summed E-state index contributed by atoms with van der Waals surface area (Å²) in [5.74, 6) is 1.13. The van der Waals surface area contributed by atoms with Crippen LogP contribution in [-0.2, 0) is 15.0 Å². The summed E-state index contributed by atoms with van der Waals surface area (Å²) >= 11 is 0. The number of rotatable bonds is 2. The number of benzene rings is 1. The van der Waals surface area contributed by atoms with E-state index in [1.54, 1.807) is 7.11 Å². The van der Waals surface area contributed by atoms with E-state index < -0.39 is 0 Å². The zero-order chi connectivity index (χ0) is 18.2. The number of methoxy groups -OCH3 is 1. The fourth-order valence-corrected chi connectivity index (χ4v) is 7.27. The number of carbonyl (C=O) groups excluding carboxylic acids is 2. The van der Waals surface area contributed by atoms with Crippen LogP contribution < -0.4 is 4.74 Å². The minimum absolute atomic E-state index is 0.0577. The number of Topliss-reactive ketones (excluding diaryl/α,β-unsaturated/α-hetero) is 2. The van der Waals surface area contributed by atoms with E-state index in [9.17, 15) is 9.59 Å². The Hall–Kier alpha value is -1.90. The van der Waals surface area contributed by atoms with Gasteiger partial charge in [0, 0.05) is 35.5 Å². The average molecular weight is 350 g/mol. The van der Waals surface area contributed by atoms with Gasteiger partial charge >= 0.3 is 0 Å². The second kappa shape index (κ2) is 5.09. The van der Waals surface area contributed by atoms with Crippen LogP contribution in [0.3, 0.4) is 0 Å². The lowest BCUT2D eigenvalue weighted by Crippen LogP contribution is -2.47. The molecule has 3 heteroatoms. The molecule has 5 rings (SSSR count). The summed E-state index contributed by atoms with van der Waals surface area (Å²) in [6.45, 7) is 2.36. The molecule has 0 saturated heterocycles. The van der Waals surface area contributed by atoms with E-state index in [0.29, 0.717) is 24.4 Å². The molecule has 0 aromatic heterocycles. The lowest BCUT2D eigenvalue weighted by atomic mass is 9.52. The fourth-order valence-electron chi connectivity index (χ4n) is 7.27. The van der Waals surface area contributed by atoms with Crippen molar-refractivity contribution in [2.75, 3.05) is 7.11 Å². The molecule has 0 spiro atoms. The highest BCUT2D eigenvalue weighted by Crippen LogP contribution is 2.79. The standard InChI is InChI=1S/C23H26O3/c1-21-11-3-4-12-22(21)13-14-23(21,15-5-7-16(26-2)8-6-15)20-18(25)10-9-17(24)19(20)22/h5-8,13-14,19-20H,3-4,9-12H2,1-2H3/t19-,20+,21-,22-,23-/m0/s1. The number of hydrogen-bond donors (Lipinski definition) is 0. The third kappa shape index (κ3) is 1.57. The first kappa shape index (κ1) is 16.3. The van der Waals surface area contributed by atoms with Crippen molar-refractivity contribution in [3.8, 4) is 5.75 Å². The van der Waals surface area contributed by atoms with E-state index in [4.69, 9.17) is 4.74 Å². The lowest BCUT2D eigenvalue weighted by molar-refractivity contribution is -0.140. The Morgan fingerprint density at radius 1 is 0.923 bits per heavy atom. The van der Waals surface area contributed by atoms with Gasteiger partial charge in [0.2, 0.25) is 0 Å². The summed E-state index contributed by atoms with van der Waals surface area (Å²) in [5.41, 5.74) is 0.634. The molecular formula is C23H26O3. The van der Waals surface area contributed by atoms with Crippen molar-refractivity contribution >= 4 is 11.6 Å². The smallest absolute Gasteiger partial charge is 0.138 e. The third-order valence-corrected chi connectivity index (χ3v) is 8.36.